The topological polar surface area (TPSA) is 66.5 Å². The van der Waals surface area contributed by atoms with Gasteiger partial charge in [0.25, 0.3) is 0 Å². The third-order valence-electron chi connectivity index (χ3n) is 5.89. The predicted molar refractivity (Wildman–Crippen MR) is 107 cm³/mol. The molecule has 1 atom stereocenters. The van der Waals surface area contributed by atoms with Crippen LogP contribution in [0.3, 0.4) is 0 Å². The van der Waals surface area contributed by atoms with E-state index in [0.29, 0.717) is 30.8 Å². The summed E-state index contributed by atoms with van der Waals surface area (Å²) >= 11 is 0. The lowest BCUT2D eigenvalue weighted by Gasteiger charge is -2.31. The van der Waals surface area contributed by atoms with E-state index in [1.807, 2.05) is 19.1 Å². The van der Waals surface area contributed by atoms with E-state index >= 15 is 0 Å². The van der Waals surface area contributed by atoms with Crippen molar-refractivity contribution in [1.82, 2.24) is 9.62 Å². The highest BCUT2D eigenvalue weighted by atomic mass is 32.2. The fourth-order valence-electron chi connectivity index (χ4n) is 4.24. The number of nitrogens with one attached hydrogen (secondary N) is 1. The summed E-state index contributed by atoms with van der Waals surface area (Å²) in [6.45, 7) is 4.96. The second-order valence-corrected chi connectivity index (χ2v) is 9.95. The average Bonchev–Trinajstić information content (AvgIpc) is 2.67. The number of amides is 1. The molecule has 1 saturated heterocycles. The van der Waals surface area contributed by atoms with Crippen LogP contribution in [-0.2, 0) is 27.7 Å². The van der Waals surface area contributed by atoms with E-state index in [1.54, 1.807) is 10.4 Å². The van der Waals surface area contributed by atoms with Gasteiger partial charge >= 0.3 is 0 Å². The van der Waals surface area contributed by atoms with Crippen molar-refractivity contribution in [3.8, 4) is 0 Å². The Hall–Kier alpha value is -1.40. The quantitative estimate of drug-likeness (QED) is 0.808. The SMILES string of the molecule is CCCC(C)NC(=O)C1CCN(S(=O)(=O)c2ccc3c(c2)CCCC3)CC1. The van der Waals surface area contributed by atoms with Crippen molar-refractivity contribution in [3.63, 3.8) is 0 Å². The van der Waals surface area contributed by atoms with Gasteiger partial charge in [-0.05, 0) is 75.1 Å². The monoisotopic (exact) mass is 392 g/mol. The molecule has 0 spiro atoms. The van der Waals surface area contributed by atoms with E-state index in [2.05, 4.69) is 12.2 Å². The third-order valence-corrected chi connectivity index (χ3v) is 7.79. The van der Waals surface area contributed by atoms with Crippen LogP contribution in [0.15, 0.2) is 23.1 Å². The van der Waals surface area contributed by atoms with Crippen LogP contribution < -0.4 is 5.32 Å². The molecule has 1 aliphatic carbocycles. The van der Waals surface area contributed by atoms with Crippen molar-refractivity contribution in [2.24, 2.45) is 5.92 Å². The number of carbonyl (C=O) groups is 1. The van der Waals surface area contributed by atoms with Gasteiger partial charge in [-0.25, -0.2) is 8.42 Å². The number of piperidine rings is 1. The second kappa shape index (κ2) is 8.74. The Morgan fingerprint density at radius 3 is 2.52 bits per heavy atom. The molecule has 0 bridgehead atoms. The van der Waals surface area contributed by atoms with E-state index in [0.717, 1.165) is 32.1 Å². The molecule has 5 nitrogen and oxygen atoms in total. The molecule has 27 heavy (non-hydrogen) atoms. The molecule has 1 heterocycles. The van der Waals surface area contributed by atoms with Crippen molar-refractivity contribution in [2.75, 3.05) is 13.1 Å². The molecular weight excluding hydrogens is 360 g/mol. The second-order valence-electron chi connectivity index (χ2n) is 8.01. The van der Waals surface area contributed by atoms with E-state index in [4.69, 9.17) is 0 Å². The smallest absolute Gasteiger partial charge is 0.243 e. The fraction of sp³-hybridized carbons (Fsp3) is 0.667. The summed E-state index contributed by atoms with van der Waals surface area (Å²) in [6.07, 6.45) is 7.53. The zero-order valence-electron chi connectivity index (χ0n) is 16.5. The molecule has 3 rings (SSSR count). The number of rotatable bonds is 6. The van der Waals surface area contributed by atoms with E-state index < -0.39 is 10.0 Å². The minimum absolute atomic E-state index is 0.0711. The Labute approximate surface area is 163 Å². The highest BCUT2D eigenvalue weighted by molar-refractivity contribution is 7.89. The zero-order valence-corrected chi connectivity index (χ0v) is 17.4. The van der Waals surface area contributed by atoms with Gasteiger partial charge in [-0.15, -0.1) is 0 Å². The average molecular weight is 393 g/mol. The van der Waals surface area contributed by atoms with Crippen LogP contribution in [0.25, 0.3) is 0 Å². The first kappa shape index (κ1) is 20.3. The van der Waals surface area contributed by atoms with Crippen LogP contribution >= 0.6 is 0 Å². The van der Waals surface area contributed by atoms with Gasteiger partial charge in [-0.1, -0.05) is 19.4 Å². The first-order valence-electron chi connectivity index (χ1n) is 10.3. The zero-order chi connectivity index (χ0) is 19.4. The lowest BCUT2D eigenvalue weighted by atomic mass is 9.92. The first-order chi connectivity index (χ1) is 12.9. The highest BCUT2D eigenvalue weighted by Gasteiger charge is 2.32. The largest absolute Gasteiger partial charge is 0.353 e. The number of hydrogen-bond acceptors (Lipinski definition) is 3. The van der Waals surface area contributed by atoms with Crippen LogP contribution in [0.4, 0.5) is 0 Å². The molecule has 0 saturated carbocycles. The highest BCUT2D eigenvalue weighted by Crippen LogP contribution is 2.28. The molecule has 0 radical (unpaired) electrons. The minimum atomic E-state index is -3.47. The van der Waals surface area contributed by atoms with Gasteiger partial charge in [0.1, 0.15) is 0 Å². The number of hydrogen-bond donors (Lipinski definition) is 1. The lowest BCUT2D eigenvalue weighted by Crippen LogP contribution is -2.44. The molecule has 1 aliphatic heterocycles. The molecule has 2 aliphatic rings. The molecule has 1 fully saturated rings. The van der Waals surface area contributed by atoms with Crippen LogP contribution in [0.5, 0.6) is 0 Å². The van der Waals surface area contributed by atoms with Gasteiger partial charge < -0.3 is 5.32 Å². The number of carbonyl (C=O) groups excluding carboxylic acids is 1. The van der Waals surface area contributed by atoms with Crippen LogP contribution in [-0.4, -0.2) is 37.8 Å². The molecule has 6 heteroatoms. The van der Waals surface area contributed by atoms with Crippen molar-refractivity contribution in [1.29, 1.82) is 0 Å². The van der Waals surface area contributed by atoms with E-state index in [9.17, 15) is 13.2 Å². The number of aryl methyl sites for hydroxylation is 2. The maximum absolute atomic E-state index is 13.0. The molecule has 1 aromatic rings. The van der Waals surface area contributed by atoms with Crippen LogP contribution in [0.1, 0.15) is 63.5 Å². The van der Waals surface area contributed by atoms with Crippen molar-refractivity contribution >= 4 is 15.9 Å². The van der Waals surface area contributed by atoms with Crippen molar-refractivity contribution in [3.05, 3.63) is 29.3 Å². The summed E-state index contributed by atoms with van der Waals surface area (Å²) in [5, 5.41) is 3.06. The van der Waals surface area contributed by atoms with Crippen molar-refractivity contribution < 1.29 is 13.2 Å². The number of nitrogens with zero attached hydrogens (tertiary/aromatic N) is 1. The number of benzene rings is 1. The summed E-state index contributed by atoms with van der Waals surface area (Å²) < 4.78 is 27.6. The van der Waals surface area contributed by atoms with E-state index in [-0.39, 0.29) is 17.9 Å². The van der Waals surface area contributed by atoms with Crippen LogP contribution in [0, 0.1) is 5.92 Å². The third kappa shape index (κ3) is 4.72. The Bertz CT molecular complexity index is 768. The maximum atomic E-state index is 13.0. The molecule has 1 unspecified atom stereocenters. The summed E-state index contributed by atoms with van der Waals surface area (Å²) in [4.78, 5) is 12.8. The summed E-state index contributed by atoms with van der Waals surface area (Å²) in [7, 11) is -3.47. The van der Waals surface area contributed by atoms with Gasteiger partial charge in [0.05, 0.1) is 4.90 Å². The first-order valence-corrected chi connectivity index (χ1v) is 11.8. The Kier molecular flexibility index (Phi) is 6.58. The molecule has 1 amide bonds. The van der Waals surface area contributed by atoms with Crippen LogP contribution in [0.2, 0.25) is 0 Å². The van der Waals surface area contributed by atoms with Gasteiger partial charge in [0.15, 0.2) is 0 Å². The van der Waals surface area contributed by atoms with Gasteiger partial charge in [-0.2, -0.15) is 4.31 Å². The molecule has 150 valence electrons. The molecule has 0 aromatic heterocycles. The minimum Gasteiger partial charge on any atom is -0.353 e. The lowest BCUT2D eigenvalue weighted by molar-refractivity contribution is -0.126. The molecule has 1 N–H and O–H groups in total. The van der Waals surface area contributed by atoms with Gasteiger partial charge in [-0.3, -0.25) is 4.79 Å². The number of fused-ring (bicyclic) bond motifs is 1. The maximum Gasteiger partial charge on any atom is 0.243 e. The fourth-order valence-corrected chi connectivity index (χ4v) is 5.76. The van der Waals surface area contributed by atoms with E-state index in [1.165, 1.54) is 17.5 Å². The normalized spacial score (nSPS) is 20.1. The number of sulfonamides is 1. The van der Waals surface area contributed by atoms with Gasteiger partial charge in [0, 0.05) is 25.0 Å². The Morgan fingerprint density at radius 1 is 1.19 bits per heavy atom. The summed E-state index contributed by atoms with van der Waals surface area (Å²) in [5.41, 5.74) is 2.47. The summed E-state index contributed by atoms with van der Waals surface area (Å²) in [6, 6.07) is 5.79. The predicted octanol–water partition coefficient (Wildman–Crippen LogP) is 3.27. The molecular formula is C21H32N2O3S. The Balaban J connectivity index is 1.62. The van der Waals surface area contributed by atoms with Crippen molar-refractivity contribution in [2.45, 2.75) is 76.2 Å². The van der Waals surface area contributed by atoms with Gasteiger partial charge in [0.2, 0.25) is 15.9 Å². The summed E-state index contributed by atoms with van der Waals surface area (Å²) in [5.74, 6) is -0.0129. The molecule has 1 aromatic carbocycles. The standard InChI is InChI=1S/C21H32N2O3S/c1-3-6-16(2)22-21(24)18-11-13-23(14-12-18)27(25,26)20-10-9-17-7-4-5-8-19(17)15-20/h9-10,15-16,18H,3-8,11-14H2,1-2H3,(H,22,24). The Morgan fingerprint density at radius 2 is 1.85 bits per heavy atom.